The summed E-state index contributed by atoms with van der Waals surface area (Å²) in [6.07, 6.45) is 0. The molecule has 0 bridgehead atoms. The maximum atomic E-state index is 14.0. The minimum Gasteiger partial charge on any atom is -0.326 e. The molecule has 3 rings (SSSR count). The quantitative estimate of drug-likeness (QED) is 0.763. The van der Waals surface area contributed by atoms with E-state index >= 15 is 0 Å². The Labute approximate surface area is 125 Å². The van der Waals surface area contributed by atoms with E-state index in [0.717, 1.165) is 15.8 Å². The fraction of sp³-hybridized carbons (Fsp3) is 0.125. The third kappa shape index (κ3) is 2.78. The summed E-state index contributed by atoms with van der Waals surface area (Å²) in [5, 5.41) is 3.36. The molecule has 1 aromatic heterocycles. The Morgan fingerprint density at radius 3 is 2.76 bits per heavy atom. The second-order valence-corrected chi connectivity index (χ2v) is 5.90. The van der Waals surface area contributed by atoms with Crippen molar-refractivity contribution in [3.8, 4) is 10.6 Å². The van der Waals surface area contributed by atoms with Crippen molar-refractivity contribution in [2.45, 2.75) is 13.8 Å². The number of amides is 1. The number of fused-ring (bicyclic) bond motifs is 1. The van der Waals surface area contributed by atoms with Crippen molar-refractivity contribution in [2.24, 2.45) is 0 Å². The molecular formula is C16H13FN2OS. The van der Waals surface area contributed by atoms with E-state index in [-0.39, 0.29) is 11.7 Å². The molecular weight excluding hydrogens is 287 g/mol. The van der Waals surface area contributed by atoms with E-state index in [1.54, 1.807) is 12.1 Å². The minimum atomic E-state index is -0.267. The molecule has 5 heteroatoms. The third-order valence-electron chi connectivity index (χ3n) is 3.06. The largest absolute Gasteiger partial charge is 0.326 e. The zero-order valence-electron chi connectivity index (χ0n) is 11.6. The van der Waals surface area contributed by atoms with Crippen LogP contribution >= 0.6 is 11.3 Å². The fourth-order valence-electron chi connectivity index (χ4n) is 2.12. The highest BCUT2D eigenvalue weighted by Gasteiger charge is 2.11. The van der Waals surface area contributed by atoms with Crippen LogP contribution in [0.5, 0.6) is 0 Å². The molecule has 1 heterocycles. The van der Waals surface area contributed by atoms with Crippen LogP contribution < -0.4 is 5.32 Å². The molecule has 3 aromatic rings. The molecule has 0 radical (unpaired) electrons. The Balaban J connectivity index is 2.06. The topological polar surface area (TPSA) is 42.0 Å². The SMILES string of the molecule is CC(=O)Nc1ccc2sc(-c3ccc(C)cc3F)nc2c1. The van der Waals surface area contributed by atoms with Gasteiger partial charge in [-0.25, -0.2) is 9.37 Å². The first kappa shape index (κ1) is 13.7. The number of halogens is 1. The molecule has 2 aromatic carbocycles. The van der Waals surface area contributed by atoms with E-state index in [2.05, 4.69) is 10.3 Å². The summed E-state index contributed by atoms with van der Waals surface area (Å²) in [6, 6.07) is 10.6. The predicted molar refractivity (Wildman–Crippen MR) is 84.1 cm³/mol. The van der Waals surface area contributed by atoms with E-state index in [0.29, 0.717) is 16.3 Å². The second-order valence-electron chi connectivity index (χ2n) is 4.87. The number of carbonyl (C=O) groups excluding carboxylic acids is 1. The standard InChI is InChI=1S/C16H13FN2OS/c1-9-3-5-12(13(17)7-9)16-19-14-8-11(18-10(2)20)4-6-15(14)21-16/h3-8H,1-2H3,(H,18,20). The summed E-state index contributed by atoms with van der Waals surface area (Å²) < 4.78 is 15.0. The van der Waals surface area contributed by atoms with Crippen LogP contribution in [-0.4, -0.2) is 10.9 Å². The molecule has 1 amide bonds. The van der Waals surface area contributed by atoms with Crippen molar-refractivity contribution in [1.29, 1.82) is 0 Å². The van der Waals surface area contributed by atoms with Crippen LogP contribution in [0.1, 0.15) is 12.5 Å². The number of hydrogen-bond donors (Lipinski definition) is 1. The van der Waals surface area contributed by atoms with Crippen LogP contribution in [0, 0.1) is 12.7 Å². The minimum absolute atomic E-state index is 0.130. The Morgan fingerprint density at radius 1 is 1.24 bits per heavy atom. The zero-order chi connectivity index (χ0) is 15.0. The van der Waals surface area contributed by atoms with E-state index in [1.165, 1.54) is 24.3 Å². The van der Waals surface area contributed by atoms with Gasteiger partial charge < -0.3 is 5.32 Å². The number of hydrogen-bond acceptors (Lipinski definition) is 3. The lowest BCUT2D eigenvalue weighted by molar-refractivity contribution is -0.114. The third-order valence-corrected chi connectivity index (χ3v) is 4.13. The molecule has 0 fully saturated rings. The molecule has 0 aliphatic carbocycles. The first-order chi connectivity index (χ1) is 10.0. The van der Waals surface area contributed by atoms with Crippen molar-refractivity contribution in [3.05, 3.63) is 47.8 Å². The van der Waals surface area contributed by atoms with Gasteiger partial charge in [0.15, 0.2) is 0 Å². The number of thiazole rings is 1. The average Bonchev–Trinajstić information content (AvgIpc) is 2.80. The molecule has 0 saturated heterocycles. The van der Waals surface area contributed by atoms with Crippen molar-refractivity contribution < 1.29 is 9.18 Å². The van der Waals surface area contributed by atoms with E-state index < -0.39 is 0 Å². The summed E-state index contributed by atoms with van der Waals surface area (Å²) in [7, 11) is 0. The Bertz CT molecular complexity index is 841. The summed E-state index contributed by atoms with van der Waals surface area (Å²) >= 11 is 1.43. The van der Waals surface area contributed by atoms with Gasteiger partial charge in [-0.2, -0.15) is 0 Å². The first-order valence-electron chi connectivity index (χ1n) is 6.47. The number of rotatable bonds is 2. The van der Waals surface area contributed by atoms with Crippen LogP contribution in [0.2, 0.25) is 0 Å². The van der Waals surface area contributed by atoms with Crippen molar-refractivity contribution in [2.75, 3.05) is 5.32 Å². The zero-order valence-corrected chi connectivity index (χ0v) is 12.4. The summed E-state index contributed by atoms with van der Waals surface area (Å²) in [5.74, 6) is -0.398. The number of aryl methyl sites for hydroxylation is 1. The smallest absolute Gasteiger partial charge is 0.221 e. The van der Waals surface area contributed by atoms with Gasteiger partial charge in [0.25, 0.3) is 0 Å². The number of aromatic nitrogens is 1. The maximum absolute atomic E-state index is 14.0. The molecule has 0 aliphatic heterocycles. The number of nitrogens with one attached hydrogen (secondary N) is 1. The molecule has 3 nitrogen and oxygen atoms in total. The molecule has 0 unspecified atom stereocenters. The lowest BCUT2D eigenvalue weighted by atomic mass is 10.1. The van der Waals surface area contributed by atoms with Crippen LogP contribution in [0.3, 0.4) is 0 Å². The average molecular weight is 300 g/mol. The maximum Gasteiger partial charge on any atom is 0.221 e. The van der Waals surface area contributed by atoms with Gasteiger partial charge in [0.2, 0.25) is 5.91 Å². The Hall–Kier alpha value is -2.27. The summed E-state index contributed by atoms with van der Waals surface area (Å²) in [5.41, 5.74) is 2.82. The predicted octanol–water partition coefficient (Wildman–Crippen LogP) is 4.37. The summed E-state index contributed by atoms with van der Waals surface area (Å²) in [6.45, 7) is 3.31. The van der Waals surface area contributed by atoms with Gasteiger partial charge in [0.1, 0.15) is 10.8 Å². The van der Waals surface area contributed by atoms with Gasteiger partial charge in [-0.3, -0.25) is 4.79 Å². The normalized spacial score (nSPS) is 10.8. The number of benzene rings is 2. The van der Waals surface area contributed by atoms with Gasteiger partial charge in [-0.15, -0.1) is 11.3 Å². The van der Waals surface area contributed by atoms with Crippen molar-refractivity contribution in [1.82, 2.24) is 4.98 Å². The van der Waals surface area contributed by atoms with Crippen LogP contribution in [0.15, 0.2) is 36.4 Å². The highest BCUT2D eigenvalue weighted by molar-refractivity contribution is 7.21. The van der Waals surface area contributed by atoms with E-state index in [9.17, 15) is 9.18 Å². The monoisotopic (exact) mass is 300 g/mol. The van der Waals surface area contributed by atoms with Crippen LogP contribution in [0.4, 0.5) is 10.1 Å². The molecule has 21 heavy (non-hydrogen) atoms. The highest BCUT2D eigenvalue weighted by atomic mass is 32.1. The van der Waals surface area contributed by atoms with Gasteiger partial charge in [0.05, 0.1) is 10.2 Å². The molecule has 0 spiro atoms. The van der Waals surface area contributed by atoms with Crippen LogP contribution in [-0.2, 0) is 4.79 Å². The number of carbonyl (C=O) groups is 1. The van der Waals surface area contributed by atoms with E-state index in [4.69, 9.17) is 0 Å². The van der Waals surface area contributed by atoms with Crippen LogP contribution in [0.25, 0.3) is 20.8 Å². The first-order valence-corrected chi connectivity index (χ1v) is 7.29. The van der Waals surface area contributed by atoms with Gasteiger partial charge in [-0.05, 0) is 42.8 Å². The lowest BCUT2D eigenvalue weighted by Gasteiger charge is -2.00. The molecule has 0 aliphatic rings. The fourth-order valence-corrected chi connectivity index (χ4v) is 3.09. The number of nitrogens with zero attached hydrogens (tertiary/aromatic N) is 1. The molecule has 0 atom stereocenters. The lowest BCUT2D eigenvalue weighted by Crippen LogP contribution is -2.05. The highest BCUT2D eigenvalue weighted by Crippen LogP contribution is 2.33. The number of anilines is 1. The van der Waals surface area contributed by atoms with Crippen molar-refractivity contribution in [3.63, 3.8) is 0 Å². The van der Waals surface area contributed by atoms with Crippen molar-refractivity contribution >= 4 is 33.1 Å². The Morgan fingerprint density at radius 2 is 2.05 bits per heavy atom. The Kier molecular flexibility index (Phi) is 3.43. The van der Waals surface area contributed by atoms with Gasteiger partial charge in [-0.1, -0.05) is 6.07 Å². The van der Waals surface area contributed by atoms with Gasteiger partial charge >= 0.3 is 0 Å². The second kappa shape index (κ2) is 5.26. The molecule has 106 valence electrons. The summed E-state index contributed by atoms with van der Waals surface area (Å²) in [4.78, 5) is 15.5. The molecule has 0 saturated carbocycles. The molecule has 1 N–H and O–H groups in total. The van der Waals surface area contributed by atoms with E-state index in [1.807, 2.05) is 25.1 Å². The van der Waals surface area contributed by atoms with Gasteiger partial charge in [0, 0.05) is 18.2 Å².